The molecule has 3 aromatic rings. The molecule has 1 amide bonds. The Morgan fingerprint density at radius 3 is 2.78 bits per heavy atom. The summed E-state index contributed by atoms with van der Waals surface area (Å²) in [4.78, 5) is 15.5. The minimum Gasteiger partial charge on any atom is -0.361 e. The highest BCUT2D eigenvalue weighted by atomic mass is 35.5. The standard InChI is InChI=1S/C17H15Cl2N3O/c18-12-5-3-7-15(16(12)19)22-17(23)13(20)8-10-9-21-14-6-2-1-4-11(10)14/h1-7,9,13,21H,8,20H2,(H,22,23)/t13-/m0/s1. The Morgan fingerprint density at radius 2 is 1.96 bits per heavy atom. The molecule has 0 aliphatic carbocycles. The van der Waals surface area contributed by atoms with Crippen LogP contribution in [0.5, 0.6) is 0 Å². The summed E-state index contributed by atoms with van der Waals surface area (Å²) in [6.07, 6.45) is 2.30. The highest BCUT2D eigenvalue weighted by molar-refractivity contribution is 6.44. The first kappa shape index (κ1) is 15.9. The Morgan fingerprint density at radius 1 is 1.17 bits per heavy atom. The number of para-hydroxylation sites is 1. The number of halogens is 2. The molecular weight excluding hydrogens is 333 g/mol. The van der Waals surface area contributed by atoms with Crippen LogP contribution in [0.3, 0.4) is 0 Å². The maximum Gasteiger partial charge on any atom is 0.241 e. The summed E-state index contributed by atoms with van der Waals surface area (Å²) in [6, 6.07) is 12.3. The van der Waals surface area contributed by atoms with Gasteiger partial charge in [0.2, 0.25) is 5.91 Å². The van der Waals surface area contributed by atoms with E-state index in [0.29, 0.717) is 22.2 Å². The van der Waals surface area contributed by atoms with Gasteiger partial charge in [-0.05, 0) is 30.2 Å². The number of anilines is 1. The number of hydrogen-bond acceptors (Lipinski definition) is 2. The molecule has 1 heterocycles. The van der Waals surface area contributed by atoms with Gasteiger partial charge in [0.1, 0.15) is 0 Å². The summed E-state index contributed by atoms with van der Waals surface area (Å²) in [6.45, 7) is 0. The number of nitrogens with two attached hydrogens (primary N) is 1. The van der Waals surface area contributed by atoms with Crippen molar-refractivity contribution in [1.82, 2.24) is 4.98 Å². The summed E-state index contributed by atoms with van der Waals surface area (Å²) in [5.41, 5.74) is 8.51. The minimum absolute atomic E-state index is 0.306. The van der Waals surface area contributed by atoms with Gasteiger partial charge in [-0.15, -0.1) is 0 Å². The molecule has 0 fully saturated rings. The number of rotatable bonds is 4. The number of benzene rings is 2. The summed E-state index contributed by atoms with van der Waals surface area (Å²) < 4.78 is 0. The van der Waals surface area contributed by atoms with Crippen LogP contribution < -0.4 is 11.1 Å². The highest BCUT2D eigenvalue weighted by Crippen LogP contribution is 2.29. The predicted octanol–water partition coefficient (Wildman–Crippen LogP) is 3.98. The summed E-state index contributed by atoms with van der Waals surface area (Å²) in [5.74, 6) is -0.306. The van der Waals surface area contributed by atoms with Crippen LogP contribution >= 0.6 is 23.2 Å². The van der Waals surface area contributed by atoms with E-state index < -0.39 is 6.04 Å². The van der Waals surface area contributed by atoms with Crippen molar-refractivity contribution >= 4 is 45.7 Å². The zero-order valence-electron chi connectivity index (χ0n) is 12.1. The van der Waals surface area contributed by atoms with Crippen LogP contribution in [0, 0.1) is 0 Å². The SMILES string of the molecule is N[C@@H](Cc1c[nH]c2ccccc12)C(=O)Nc1cccc(Cl)c1Cl. The number of carbonyl (C=O) groups is 1. The van der Waals surface area contributed by atoms with E-state index in [9.17, 15) is 4.79 Å². The average Bonchev–Trinajstić information content (AvgIpc) is 2.95. The van der Waals surface area contributed by atoms with Gasteiger partial charge in [0, 0.05) is 17.1 Å². The number of hydrogen-bond donors (Lipinski definition) is 3. The van der Waals surface area contributed by atoms with Gasteiger partial charge >= 0.3 is 0 Å². The number of H-pyrrole nitrogens is 1. The van der Waals surface area contributed by atoms with Gasteiger partial charge in [0.05, 0.1) is 21.8 Å². The summed E-state index contributed by atoms with van der Waals surface area (Å²) >= 11 is 12.0. The quantitative estimate of drug-likeness (QED) is 0.667. The number of nitrogens with one attached hydrogen (secondary N) is 2. The molecule has 118 valence electrons. The number of amides is 1. The lowest BCUT2D eigenvalue weighted by atomic mass is 10.0. The Hall–Kier alpha value is -2.01. The fourth-order valence-corrected chi connectivity index (χ4v) is 2.80. The fraction of sp³-hybridized carbons (Fsp3) is 0.118. The van der Waals surface area contributed by atoms with Crippen molar-refractivity contribution in [3.05, 3.63) is 64.3 Å². The van der Waals surface area contributed by atoms with Gasteiger partial charge in [0.25, 0.3) is 0 Å². The van der Waals surface area contributed by atoms with Crippen LogP contribution in [0.15, 0.2) is 48.7 Å². The predicted molar refractivity (Wildman–Crippen MR) is 95.1 cm³/mol. The molecular formula is C17H15Cl2N3O. The minimum atomic E-state index is -0.691. The van der Waals surface area contributed by atoms with Gasteiger partial charge in [-0.2, -0.15) is 0 Å². The second-order valence-electron chi connectivity index (χ2n) is 5.26. The monoisotopic (exact) mass is 347 g/mol. The zero-order valence-corrected chi connectivity index (χ0v) is 13.7. The molecule has 0 spiro atoms. The van der Waals surface area contributed by atoms with E-state index in [1.54, 1.807) is 18.2 Å². The van der Waals surface area contributed by atoms with E-state index in [4.69, 9.17) is 28.9 Å². The van der Waals surface area contributed by atoms with Crippen LogP contribution in [0.4, 0.5) is 5.69 Å². The molecule has 0 aliphatic heterocycles. The van der Waals surface area contributed by atoms with Crippen LogP contribution in [0.2, 0.25) is 10.0 Å². The molecule has 23 heavy (non-hydrogen) atoms. The molecule has 3 rings (SSSR count). The third-order valence-corrected chi connectivity index (χ3v) is 4.48. The Labute approximate surface area is 143 Å². The molecule has 4 nitrogen and oxygen atoms in total. The van der Waals surface area contributed by atoms with Crippen molar-refractivity contribution < 1.29 is 4.79 Å². The Balaban J connectivity index is 1.74. The van der Waals surface area contributed by atoms with Gasteiger partial charge in [0.15, 0.2) is 0 Å². The third kappa shape index (κ3) is 3.34. The van der Waals surface area contributed by atoms with E-state index >= 15 is 0 Å². The Bertz CT molecular complexity index is 860. The van der Waals surface area contributed by atoms with Crippen molar-refractivity contribution in [2.24, 2.45) is 5.73 Å². The van der Waals surface area contributed by atoms with Crippen LogP contribution in [-0.4, -0.2) is 16.9 Å². The van der Waals surface area contributed by atoms with Crippen molar-refractivity contribution in [3.63, 3.8) is 0 Å². The molecule has 0 saturated heterocycles. The van der Waals surface area contributed by atoms with Crippen LogP contribution in [0.25, 0.3) is 10.9 Å². The Kier molecular flexibility index (Phi) is 4.57. The molecule has 4 N–H and O–H groups in total. The molecule has 0 unspecified atom stereocenters. The van der Waals surface area contributed by atoms with Crippen LogP contribution in [0.1, 0.15) is 5.56 Å². The van der Waals surface area contributed by atoms with Crippen molar-refractivity contribution in [2.75, 3.05) is 5.32 Å². The van der Waals surface area contributed by atoms with Gasteiger partial charge in [-0.1, -0.05) is 47.5 Å². The normalized spacial score (nSPS) is 12.3. The maximum absolute atomic E-state index is 12.3. The molecule has 6 heteroatoms. The smallest absolute Gasteiger partial charge is 0.241 e. The first-order valence-corrected chi connectivity index (χ1v) is 7.87. The van der Waals surface area contributed by atoms with Gasteiger partial charge in [-0.25, -0.2) is 0 Å². The van der Waals surface area contributed by atoms with Gasteiger partial charge < -0.3 is 16.0 Å². The van der Waals surface area contributed by atoms with Crippen molar-refractivity contribution in [3.8, 4) is 0 Å². The van der Waals surface area contributed by atoms with E-state index in [0.717, 1.165) is 16.5 Å². The first-order valence-electron chi connectivity index (χ1n) is 7.11. The lowest BCUT2D eigenvalue weighted by Gasteiger charge is -2.13. The third-order valence-electron chi connectivity index (χ3n) is 3.66. The molecule has 0 radical (unpaired) electrons. The lowest BCUT2D eigenvalue weighted by Crippen LogP contribution is -2.37. The first-order chi connectivity index (χ1) is 11.1. The number of carbonyl (C=O) groups excluding carboxylic acids is 1. The largest absolute Gasteiger partial charge is 0.361 e. The van der Waals surface area contributed by atoms with Crippen LogP contribution in [-0.2, 0) is 11.2 Å². The van der Waals surface area contributed by atoms with E-state index in [2.05, 4.69) is 10.3 Å². The molecule has 0 aliphatic rings. The topological polar surface area (TPSA) is 70.9 Å². The summed E-state index contributed by atoms with van der Waals surface area (Å²) in [5, 5.41) is 4.48. The van der Waals surface area contributed by atoms with E-state index in [1.807, 2.05) is 30.5 Å². The van der Waals surface area contributed by atoms with Gasteiger partial charge in [-0.3, -0.25) is 4.79 Å². The second kappa shape index (κ2) is 6.62. The van der Waals surface area contributed by atoms with Crippen molar-refractivity contribution in [2.45, 2.75) is 12.5 Å². The average molecular weight is 348 g/mol. The summed E-state index contributed by atoms with van der Waals surface area (Å²) in [7, 11) is 0. The second-order valence-corrected chi connectivity index (χ2v) is 6.05. The number of fused-ring (bicyclic) bond motifs is 1. The molecule has 0 bridgehead atoms. The number of aromatic nitrogens is 1. The maximum atomic E-state index is 12.3. The lowest BCUT2D eigenvalue weighted by molar-refractivity contribution is -0.117. The fourth-order valence-electron chi connectivity index (χ4n) is 2.46. The number of aromatic amines is 1. The zero-order chi connectivity index (χ0) is 16.4. The van der Waals surface area contributed by atoms with E-state index in [-0.39, 0.29) is 5.91 Å². The van der Waals surface area contributed by atoms with E-state index in [1.165, 1.54) is 0 Å². The van der Waals surface area contributed by atoms with Crippen molar-refractivity contribution in [1.29, 1.82) is 0 Å². The molecule has 0 saturated carbocycles. The molecule has 1 aromatic heterocycles. The highest BCUT2D eigenvalue weighted by Gasteiger charge is 2.17. The molecule has 2 aromatic carbocycles. The molecule has 1 atom stereocenters.